The van der Waals surface area contributed by atoms with Crippen molar-refractivity contribution in [1.29, 1.82) is 0 Å². The number of hydrogen-bond acceptors (Lipinski definition) is 4. The summed E-state index contributed by atoms with van der Waals surface area (Å²) in [7, 11) is 1.81. The van der Waals surface area contributed by atoms with Gasteiger partial charge in [0.15, 0.2) is 0 Å². The van der Waals surface area contributed by atoms with Crippen LogP contribution in [0.25, 0.3) is 22.2 Å². The largest absolute Gasteiger partial charge is 0.378 e. The van der Waals surface area contributed by atoms with Gasteiger partial charge in [0.05, 0.1) is 36.2 Å². The first-order valence-electron chi connectivity index (χ1n) is 8.08. The van der Waals surface area contributed by atoms with Crippen LogP contribution < -0.4 is 0 Å². The zero-order chi connectivity index (χ0) is 17.4. The van der Waals surface area contributed by atoms with Crippen molar-refractivity contribution in [2.24, 2.45) is 7.05 Å². The molecule has 4 rings (SSSR count). The highest BCUT2D eigenvalue weighted by Crippen LogP contribution is 2.26. The number of amides is 1. The summed E-state index contributed by atoms with van der Waals surface area (Å²) < 4.78 is 20.7. The number of carbonyl (C=O) groups excluding carboxylic acids is 1. The molecule has 0 unspecified atom stereocenters. The van der Waals surface area contributed by atoms with Crippen LogP contribution in [0.3, 0.4) is 0 Å². The molecule has 3 aromatic rings. The van der Waals surface area contributed by atoms with Gasteiger partial charge in [-0.15, -0.1) is 0 Å². The Morgan fingerprint density at radius 1 is 1.24 bits per heavy atom. The first-order valence-corrected chi connectivity index (χ1v) is 8.08. The van der Waals surface area contributed by atoms with Crippen molar-refractivity contribution in [3.63, 3.8) is 0 Å². The second-order valence-corrected chi connectivity index (χ2v) is 6.02. The van der Waals surface area contributed by atoms with Crippen LogP contribution in [0.15, 0.2) is 36.7 Å². The van der Waals surface area contributed by atoms with Gasteiger partial charge >= 0.3 is 0 Å². The third-order valence-electron chi connectivity index (χ3n) is 4.30. The molecule has 0 spiro atoms. The molecule has 6 nitrogen and oxygen atoms in total. The first kappa shape index (κ1) is 15.7. The summed E-state index contributed by atoms with van der Waals surface area (Å²) in [6.07, 6.45) is 3.49. The van der Waals surface area contributed by atoms with E-state index in [1.165, 1.54) is 12.1 Å². The molecular formula is C18H17FN4O2. The van der Waals surface area contributed by atoms with Gasteiger partial charge < -0.3 is 9.64 Å². The zero-order valence-corrected chi connectivity index (χ0v) is 13.8. The number of rotatable bonds is 2. The molecule has 25 heavy (non-hydrogen) atoms. The van der Waals surface area contributed by atoms with Gasteiger partial charge in [0.2, 0.25) is 0 Å². The van der Waals surface area contributed by atoms with E-state index >= 15 is 0 Å². The predicted octanol–water partition coefficient (Wildman–Crippen LogP) is 2.25. The molecule has 0 aliphatic carbocycles. The number of carbonyl (C=O) groups is 1. The maximum absolute atomic E-state index is 13.7. The Balaban J connectivity index is 1.87. The summed E-state index contributed by atoms with van der Waals surface area (Å²) in [6.45, 7) is 2.15. The Labute approximate surface area is 143 Å². The molecule has 3 heterocycles. The highest BCUT2D eigenvalue weighted by atomic mass is 19.1. The van der Waals surface area contributed by atoms with E-state index < -0.39 is 0 Å². The SMILES string of the molecule is Cn1cc(-c2cc(C(=O)N3CCOCC3)c3ccc(F)cc3n2)cn1. The number of ether oxygens (including phenoxy) is 1. The van der Waals surface area contributed by atoms with Gasteiger partial charge in [-0.2, -0.15) is 5.10 Å². The molecule has 1 fully saturated rings. The summed E-state index contributed by atoms with van der Waals surface area (Å²) >= 11 is 0. The Kier molecular flexibility index (Phi) is 3.93. The number of morpholine rings is 1. The molecule has 0 N–H and O–H groups in total. The van der Waals surface area contributed by atoms with E-state index in [4.69, 9.17) is 4.74 Å². The summed E-state index contributed by atoms with van der Waals surface area (Å²) in [6, 6.07) is 6.07. The van der Waals surface area contributed by atoms with E-state index in [-0.39, 0.29) is 11.7 Å². The molecule has 1 aliphatic rings. The van der Waals surface area contributed by atoms with Gasteiger partial charge in [0, 0.05) is 43.4 Å². The van der Waals surface area contributed by atoms with Gasteiger partial charge in [0.1, 0.15) is 5.82 Å². The fourth-order valence-electron chi connectivity index (χ4n) is 3.02. The van der Waals surface area contributed by atoms with E-state index in [9.17, 15) is 9.18 Å². The molecule has 1 aromatic carbocycles. The second-order valence-electron chi connectivity index (χ2n) is 6.02. The van der Waals surface area contributed by atoms with Crippen molar-refractivity contribution in [3.05, 3.63) is 48.0 Å². The van der Waals surface area contributed by atoms with E-state index in [1.807, 2.05) is 13.2 Å². The maximum Gasteiger partial charge on any atom is 0.254 e. The molecule has 0 atom stereocenters. The number of aromatic nitrogens is 3. The standard InChI is InChI=1S/C18H17FN4O2/c1-22-11-12(10-20-22)16-9-15(18(24)23-4-6-25-7-5-23)14-3-2-13(19)8-17(14)21-16/h2-3,8-11H,4-7H2,1H3. The fraction of sp³-hybridized carbons (Fsp3) is 0.278. The van der Waals surface area contributed by atoms with Gasteiger partial charge in [-0.05, 0) is 18.2 Å². The number of halogens is 1. The second kappa shape index (κ2) is 6.25. The third-order valence-corrected chi connectivity index (χ3v) is 4.30. The number of benzene rings is 1. The van der Waals surface area contributed by atoms with Crippen LogP contribution in [0.2, 0.25) is 0 Å². The average Bonchev–Trinajstić information content (AvgIpc) is 3.07. The predicted molar refractivity (Wildman–Crippen MR) is 90.6 cm³/mol. The number of hydrogen-bond donors (Lipinski definition) is 0. The van der Waals surface area contributed by atoms with Crippen LogP contribution in [0, 0.1) is 5.82 Å². The monoisotopic (exact) mass is 340 g/mol. The Bertz CT molecular complexity index is 947. The first-order chi connectivity index (χ1) is 12.1. The summed E-state index contributed by atoms with van der Waals surface area (Å²) in [4.78, 5) is 19.3. The highest BCUT2D eigenvalue weighted by molar-refractivity contribution is 6.07. The highest BCUT2D eigenvalue weighted by Gasteiger charge is 2.22. The van der Waals surface area contributed by atoms with Crippen molar-refractivity contribution < 1.29 is 13.9 Å². The molecule has 0 saturated carbocycles. The fourth-order valence-corrected chi connectivity index (χ4v) is 3.02. The number of fused-ring (bicyclic) bond motifs is 1. The summed E-state index contributed by atoms with van der Waals surface area (Å²) in [5, 5.41) is 4.79. The average molecular weight is 340 g/mol. The molecule has 7 heteroatoms. The topological polar surface area (TPSA) is 60.2 Å². The van der Waals surface area contributed by atoms with Gasteiger partial charge in [0.25, 0.3) is 5.91 Å². The van der Waals surface area contributed by atoms with Gasteiger partial charge in [-0.3, -0.25) is 9.48 Å². The van der Waals surface area contributed by atoms with Crippen molar-refractivity contribution in [2.45, 2.75) is 0 Å². The quantitative estimate of drug-likeness (QED) is 0.718. The minimum absolute atomic E-state index is 0.0903. The van der Waals surface area contributed by atoms with Gasteiger partial charge in [-0.1, -0.05) is 0 Å². The number of aryl methyl sites for hydroxylation is 1. The molecule has 0 radical (unpaired) electrons. The van der Waals surface area contributed by atoms with E-state index in [2.05, 4.69) is 10.1 Å². The van der Waals surface area contributed by atoms with Crippen LogP contribution in [0.4, 0.5) is 4.39 Å². The maximum atomic E-state index is 13.7. The normalized spacial score (nSPS) is 14.9. The van der Waals surface area contributed by atoms with Crippen molar-refractivity contribution >= 4 is 16.8 Å². The van der Waals surface area contributed by atoms with Gasteiger partial charge in [-0.25, -0.2) is 9.37 Å². The minimum atomic E-state index is -0.381. The van der Waals surface area contributed by atoms with E-state index in [0.29, 0.717) is 48.5 Å². The van der Waals surface area contributed by atoms with Crippen LogP contribution in [-0.2, 0) is 11.8 Å². The number of nitrogens with zero attached hydrogens (tertiary/aromatic N) is 4. The summed E-state index contributed by atoms with van der Waals surface area (Å²) in [5.74, 6) is -0.472. The lowest BCUT2D eigenvalue weighted by atomic mass is 10.0. The van der Waals surface area contributed by atoms with Crippen molar-refractivity contribution in [2.75, 3.05) is 26.3 Å². The lowest BCUT2D eigenvalue weighted by Gasteiger charge is -2.27. The van der Waals surface area contributed by atoms with Crippen molar-refractivity contribution in [1.82, 2.24) is 19.7 Å². The van der Waals surface area contributed by atoms with Crippen LogP contribution in [0.5, 0.6) is 0 Å². The lowest BCUT2D eigenvalue weighted by molar-refractivity contribution is 0.0304. The Morgan fingerprint density at radius 3 is 2.76 bits per heavy atom. The summed E-state index contributed by atoms with van der Waals surface area (Å²) in [5.41, 5.74) is 2.36. The molecular weight excluding hydrogens is 323 g/mol. The smallest absolute Gasteiger partial charge is 0.254 e. The molecule has 1 amide bonds. The Morgan fingerprint density at radius 2 is 2.04 bits per heavy atom. The lowest BCUT2D eigenvalue weighted by Crippen LogP contribution is -2.40. The van der Waals surface area contributed by atoms with Crippen LogP contribution in [-0.4, -0.2) is 51.9 Å². The van der Waals surface area contributed by atoms with E-state index in [0.717, 1.165) is 5.56 Å². The van der Waals surface area contributed by atoms with Crippen LogP contribution in [0.1, 0.15) is 10.4 Å². The van der Waals surface area contributed by atoms with Crippen LogP contribution >= 0.6 is 0 Å². The zero-order valence-electron chi connectivity index (χ0n) is 13.8. The Hall–Kier alpha value is -2.80. The number of pyridine rings is 1. The van der Waals surface area contributed by atoms with E-state index in [1.54, 1.807) is 27.9 Å². The third kappa shape index (κ3) is 2.98. The molecule has 2 aromatic heterocycles. The molecule has 0 bridgehead atoms. The molecule has 1 aliphatic heterocycles. The minimum Gasteiger partial charge on any atom is -0.378 e. The molecule has 128 valence electrons. The van der Waals surface area contributed by atoms with Crippen molar-refractivity contribution in [3.8, 4) is 11.3 Å². The molecule has 1 saturated heterocycles.